The van der Waals surface area contributed by atoms with Crippen molar-refractivity contribution in [1.82, 2.24) is 14.9 Å². The predicted octanol–water partition coefficient (Wildman–Crippen LogP) is -0.355. The van der Waals surface area contributed by atoms with E-state index >= 15 is 0 Å². The van der Waals surface area contributed by atoms with Crippen molar-refractivity contribution in [2.75, 3.05) is 11.5 Å². The third kappa shape index (κ3) is 1.21. The molecule has 4 N–H and O–H groups in total. The van der Waals surface area contributed by atoms with Gasteiger partial charge in [0.05, 0.1) is 0 Å². The van der Waals surface area contributed by atoms with Gasteiger partial charge < -0.3 is 11.5 Å². The molecule has 0 aromatic carbocycles. The molecule has 0 fully saturated rings. The third-order valence-corrected chi connectivity index (χ3v) is 2.32. The van der Waals surface area contributed by atoms with Crippen molar-refractivity contribution in [3.8, 4) is 0 Å². The van der Waals surface area contributed by atoms with E-state index in [-0.39, 0.29) is 29.1 Å². The molecular formula is C9H11N5O2. The number of rotatable bonds is 1. The molecule has 1 aromatic heterocycles. The summed E-state index contributed by atoms with van der Waals surface area (Å²) in [7, 11) is 0. The first-order valence-electron chi connectivity index (χ1n) is 4.74. The Labute approximate surface area is 91.5 Å². The molecule has 1 aromatic rings. The largest absolute Gasteiger partial charge is 0.383 e. The number of carbonyl (C=O) groups is 2. The van der Waals surface area contributed by atoms with Crippen LogP contribution < -0.4 is 11.5 Å². The highest BCUT2D eigenvalue weighted by atomic mass is 16.2. The molecule has 0 bridgehead atoms. The Bertz CT molecular complexity index is 497. The van der Waals surface area contributed by atoms with E-state index in [0.717, 1.165) is 4.90 Å². The summed E-state index contributed by atoms with van der Waals surface area (Å²) in [6, 6.07) is -0.255. The first-order valence-corrected chi connectivity index (χ1v) is 4.74. The van der Waals surface area contributed by atoms with Crippen molar-refractivity contribution in [3.63, 3.8) is 0 Å². The Hall–Kier alpha value is -2.18. The minimum Gasteiger partial charge on any atom is -0.383 e. The summed E-state index contributed by atoms with van der Waals surface area (Å²) < 4.78 is 0. The van der Waals surface area contributed by atoms with E-state index in [9.17, 15) is 9.59 Å². The predicted molar refractivity (Wildman–Crippen MR) is 56.5 cm³/mol. The quantitative estimate of drug-likeness (QED) is 0.626. The Morgan fingerprint density at radius 3 is 2.31 bits per heavy atom. The van der Waals surface area contributed by atoms with E-state index < -0.39 is 11.8 Å². The van der Waals surface area contributed by atoms with Crippen LogP contribution in [0.4, 0.5) is 11.8 Å². The molecule has 2 heterocycles. The lowest BCUT2D eigenvalue weighted by Gasteiger charge is -2.17. The minimum absolute atomic E-state index is 0.0105. The second-order valence-corrected chi connectivity index (χ2v) is 3.76. The van der Waals surface area contributed by atoms with Gasteiger partial charge in [-0.1, -0.05) is 0 Å². The van der Waals surface area contributed by atoms with Gasteiger partial charge in [-0.15, -0.1) is 0 Å². The van der Waals surface area contributed by atoms with Gasteiger partial charge in [-0.05, 0) is 13.8 Å². The average molecular weight is 221 g/mol. The van der Waals surface area contributed by atoms with Gasteiger partial charge in [0.25, 0.3) is 11.8 Å². The summed E-state index contributed by atoms with van der Waals surface area (Å²) in [5.41, 5.74) is 11.0. The summed E-state index contributed by atoms with van der Waals surface area (Å²) in [5.74, 6) is -1.10. The highest BCUT2D eigenvalue weighted by Crippen LogP contribution is 2.26. The molecular weight excluding hydrogens is 210 g/mol. The molecule has 0 aliphatic carbocycles. The first-order chi connectivity index (χ1) is 7.43. The summed E-state index contributed by atoms with van der Waals surface area (Å²) in [6.45, 7) is 3.46. The van der Waals surface area contributed by atoms with E-state index in [2.05, 4.69) is 9.97 Å². The van der Waals surface area contributed by atoms with Crippen LogP contribution in [-0.4, -0.2) is 32.7 Å². The topological polar surface area (TPSA) is 115 Å². The second-order valence-electron chi connectivity index (χ2n) is 3.76. The van der Waals surface area contributed by atoms with E-state index in [0.29, 0.717) is 0 Å². The van der Waals surface area contributed by atoms with Gasteiger partial charge in [0, 0.05) is 6.04 Å². The lowest BCUT2D eigenvalue weighted by atomic mass is 10.2. The Balaban J connectivity index is 2.64. The van der Waals surface area contributed by atoms with Crippen molar-refractivity contribution >= 4 is 23.6 Å². The number of anilines is 2. The van der Waals surface area contributed by atoms with Gasteiger partial charge in [-0.2, -0.15) is 4.98 Å². The molecule has 1 aliphatic heterocycles. The van der Waals surface area contributed by atoms with Gasteiger partial charge in [0.15, 0.2) is 0 Å². The minimum atomic E-state index is -0.476. The highest BCUT2D eigenvalue weighted by molar-refractivity contribution is 6.22. The van der Waals surface area contributed by atoms with Crippen molar-refractivity contribution < 1.29 is 9.59 Å². The lowest BCUT2D eigenvalue weighted by molar-refractivity contribution is 0.0607. The third-order valence-electron chi connectivity index (χ3n) is 2.32. The molecule has 7 heteroatoms. The van der Waals surface area contributed by atoms with Gasteiger partial charge >= 0.3 is 0 Å². The van der Waals surface area contributed by atoms with Crippen molar-refractivity contribution in [3.05, 3.63) is 11.3 Å². The average Bonchev–Trinajstić information content (AvgIpc) is 2.38. The van der Waals surface area contributed by atoms with Gasteiger partial charge in [-0.3, -0.25) is 14.5 Å². The van der Waals surface area contributed by atoms with Gasteiger partial charge in [-0.25, -0.2) is 4.98 Å². The molecule has 0 atom stereocenters. The first kappa shape index (κ1) is 10.3. The maximum atomic E-state index is 11.9. The lowest BCUT2D eigenvalue weighted by Crippen LogP contribution is -2.36. The van der Waals surface area contributed by atoms with Crippen LogP contribution >= 0.6 is 0 Å². The highest BCUT2D eigenvalue weighted by Gasteiger charge is 2.40. The normalized spacial score (nSPS) is 14.8. The number of nitrogens with zero attached hydrogens (tertiary/aromatic N) is 3. The van der Waals surface area contributed by atoms with Crippen LogP contribution in [0.15, 0.2) is 0 Å². The van der Waals surface area contributed by atoms with Crippen LogP contribution in [0.25, 0.3) is 0 Å². The van der Waals surface area contributed by atoms with E-state index in [1.807, 2.05) is 0 Å². The molecule has 84 valence electrons. The van der Waals surface area contributed by atoms with Crippen LogP contribution in [0.2, 0.25) is 0 Å². The van der Waals surface area contributed by atoms with E-state index in [4.69, 9.17) is 11.5 Å². The monoisotopic (exact) mass is 221 g/mol. The zero-order valence-corrected chi connectivity index (χ0v) is 8.89. The number of nitrogens with two attached hydrogens (primary N) is 2. The van der Waals surface area contributed by atoms with Crippen molar-refractivity contribution in [2.24, 2.45) is 0 Å². The molecule has 2 amide bonds. The number of hydrogen-bond donors (Lipinski definition) is 2. The summed E-state index contributed by atoms with van der Waals surface area (Å²) in [5, 5.41) is 0. The fraction of sp³-hybridized carbons (Fsp3) is 0.333. The van der Waals surface area contributed by atoms with Crippen molar-refractivity contribution in [2.45, 2.75) is 19.9 Å². The second kappa shape index (κ2) is 3.16. The number of fused-ring (bicyclic) bond motifs is 1. The summed E-state index contributed by atoms with van der Waals surface area (Å²) >= 11 is 0. The number of amides is 2. The Morgan fingerprint density at radius 2 is 1.75 bits per heavy atom. The molecule has 2 rings (SSSR count). The Kier molecular flexibility index (Phi) is 2.04. The van der Waals surface area contributed by atoms with E-state index in [1.165, 1.54) is 0 Å². The summed E-state index contributed by atoms with van der Waals surface area (Å²) in [4.78, 5) is 32.3. The van der Waals surface area contributed by atoms with Gasteiger partial charge in [0.1, 0.15) is 17.1 Å². The van der Waals surface area contributed by atoms with E-state index in [1.54, 1.807) is 13.8 Å². The van der Waals surface area contributed by atoms with Crippen LogP contribution in [0.1, 0.15) is 34.7 Å². The van der Waals surface area contributed by atoms with Crippen LogP contribution in [-0.2, 0) is 0 Å². The molecule has 0 saturated heterocycles. The molecule has 0 saturated carbocycles. The molecule has 7 nitrogen and oxygen atoms in total. The standard InChI is InChI=1S/C9H11N5O2/c1-3(2)14-7(15)4-5(8(14)16)12-9(11)13-6(4)10/h3H,1-2H3,(H4,10,11,12,13). The maximum absolute atomic E-state index is 11.9. The van der Waals surface area contributed by atoms with Crippen molar-refractivity contribution in [1.29, 1.82) is 0 Å². The smallest absolute Gasteiger partial charge is 0.280 e. The van der Waals surface area contributed by atoms with Crippen LogP contribution in [0.3, 0.4) is 0 Å². The van der Waals surface area contributed by atoms with Crippen LogP contribution in [0, 0.1) is 0 Å². The zero-order chi connectivity index (χ0) is 12.0. The Morgan fingerprint density at radius 1 is 1.12 bits per heavy atom. The molecule has 0 unspecified atom stereocenters. The zero-order valence-electron chi connectivity index (χ0n) is 8.89. The number of aromatic nitrogens is 2. The summed E-state index contributed by atoms with van der Waals surface area (Å²) in [6.07, 6.45) is 0. The number of carbonyl (C=O) groups excluding carboxylic acids is 2. The SMILES string of the molecule is CC(C)N1C(=O)c2nc(N)nc(N)c2C1=O. The number of hydrogen-bond acceptors (Lipinski definition) is 6. The number of nitrogen functional groups attached to an aromatic ring is 2. The molecule has 0 spiro atoms. The fourth-order valence-corrected chi connectivity index (χ4v) is 1.66. The van der Waals surface area contributed by atoms with Gasteiger partial charge in [0.2, 0.25) is 5.95 Å². The molecule has 0 radical (unpaired) electrons. The number of imide groups is 1. The molecule has 16 heavy (non-hydrogen) atoms. The fourth-order valence-electron chi connectivity index (χ4n) is 1.66. The van der Waals surface area contributed by atoms with Crippen LogP contribution in [0.5, 0.6) is 0 Å². The maximum Gasteiger partial charge on any atom is 0.280 e. The molecule has 1 aliphatic rings.